The Kier molecular flexibility index (Phi) is 2.31. The Bertz CT molecular complexity index is 461. The first-order chi connectivity index (χ1) is 7.34. The predicted octanol–water partition coefficient (Wildman–Crippen LogP) is 2.24. The molecule has 86 valence electrons. The van der Waals surface area contributed by atoms with Gasteiger partial charge in [0.2, 0.25) is 5.91 Å². The summed E-state index contributed by atoms with van der Waals surface area (Å²) in [6, 6.07) is 4.09. The van der Waals surface area contributed by atoms with E-state index in [0.29, 0.717) is 0 Å². The van der Waals surface area contributed by atoms with Crippen molar-refractivity contribution < 1.29 is 4.79 Å². The van der Waals surface area contributed by atoms with E-state index in [1.54, 1.807) is 0 Å². The number of fused-ring (bicyclic) bond motifs is 1. The molecular weight excluding hydrogens is 200 g/mol. The highest BCUT2D eigenvalue weighted by Crippen LogP contribution is 2.40. The number of amides is 1. The lowest BCUT2D eigenvalue weighted by Crippen LogP contribution is -2.27. The maximum absolute atomic E-state index is 11.8. The number of anilines is 1. The molecule has 3 nitrogen and oxygen atoms in total. The molecule has 0 saturated heterocycles. The quantitative estimate of drug-likeness (QED) is 0.759. The number of aryl methyl sites for hydroxylation is 1. The molecule has 0 aromatic heterocycles. The second kappa shape index (κ2) is 3.32. The molecule has 1 amide bonds. The van der Waals surface area contributed by atoms with Crippen molar-refractivity contribution in [3.05, 3.63) is 28.8 Å². The fourth-order valence-electron chi connectivity index (χ4n) is 2.13. The van der Waals surface area contributed by atoms with Crippen molar-refractivity contribution in [3.8, 4) is 0 Å². The Labute approximate surface area is 96.0 Å². The third kappa shape index (κ3) is 1.43. The molecule has 1 aromatic carbocycles. The van der Waals surface area contributed by atoms with E-state index in [1.807, 2.05) is 39.8 Å². The average molecular weight is 218 g/mol. The van der Waals surface area contributed by atoms with Crippen molar-refractivity contribution in [2.75, 3.05) is 5.32 Å². The zero-order valence-electron chi connectivity index (χ0n) is 10.2. The summed E-state index contributed by atoms with van der Waals surface area (Å²) >= 11 is 0. The number of hydrogen-bond donors (Lipinski definition) is 2. The van der Waals surface area contributed by atoms with Crippen LogP contribution in [0.2, 0.25) is 0 Å². The van der Waals surface area contributed by atoms with Crippen LogP contribution < -0.4 is 11.1 Å². The lowest BCUT2D eigenvalue weighted by atomic mass is 9.84. The van der Waals surface area contributed by atoms with Gasteiger partial charge in [-0.25, -0.2) is 0 Å². The highest BCUT2D eigenvalue weighted by molar-refractivity contribution is 6.06. The van der Waals surface area contributed by atoms with Crippen molar-refractivity contribution >= 4 is 11.6 Å². The van der Waals surface area contributed by atoms with E-state index in [9.17, 15) is 4.79 Å². The van der Waals surface area contributed by atoms with E-state index in [0.717, 1.165) is 22.4 Å². The molecule has 3 N–H and O–H groups in total. The van der Waals surface area contributed by atoms with Gasteiger partial charge in [0, 0.05) is 11.7 Å². The molecule has 0 saturated carbocycles. The van der Waals surface area contributed by atoms with Gasteiger partial charge in [0.25, 0.3) is 0 Å². The SMILES string of the molecule is Cc1cc(C(C)N)cc2c1NC(=O)C2(C)C. The molecule has 1 atom stereocenters. The number of nitrogens with one attached hydrogen (secondary N) is 1. The summed E-state index contributed by atoms with van der Waals surface area (Å²) in [6.45, 7) is 7.85. The molecule has 0 spiro atoms. The first-order valence-electron chi connectivity index (χ1n) is 5.56. The van der Waals surface area contributed by atoms with Gasteiger partial charge in [0.15, 0.2) is 0 Å². The fourth-order valence-corrected chi connectivity index (χ4v) is 2.13. The molecule has 1 aromatic rings. The van der Waals surface area contributed by atoms with Crippen LogP contribution >= 0.6 is 0 Å². The molecular formula is C13H18N2O. The Morgan fingerprint density at radius 1 is 1.38 bits per heavy atom. The number of carbonyl (C=O) groups is 1. The third-order valence-electron chi connectivity index (χ3n) is 3.36. The Balaban J connectivity index is 2.65. The van der Waals surface area contributed by atoms with E-state index in [4.69, 9.17) is 5.73 Å². The monoisotopic (exact) mass is 218 g/mol. The highest BCUT2D eigenvalue weighted by atomic mass is 16.2. The second-order valence-electron chi connectivity index (χ2n) is 5.13. The van der Waals surface area contributed by atoms with Crippen LogP contribution in [0.4, 0.5) is 5.69 Å². The summed E-state index contributed by atoms with van der Waals surface area (Å²) in [7, 11) is 0. The smallest absolute Gasteiger partial charge is 0.234 e. The van der Waals surface area contributed by atoms with Crippen LogP contribution in [-0.4, -0.2) is 5.91 Å². The second-order valence-corrected chi connectivity index (χ2v) is 5.13. The van der Waals surface area contributed by atoms with E-state index < -0.39 is 5.41 Å². The van der Waals surface area contributed by atoms with Crippen molar-refractivity contribution in [1.82, 2.24) is 0 Å². The first kappa shape index (κ1) is 11.1. The van der Waals surface area contributed by atoms with Crippen molar-refractivity contribution in [3.63, 3.8) is 0 Å². The van der Waals surface area contributed by atoms with Gasteiger partial charge in [-0.05, 0) is 44.4 Å². The van der Waals surface area contributed by atoms with Gasteiger partial charge in [0.1, 0.15) is 0 Å². The number of hydrogen-bond acceptors (Lipinski definition) is 2. The minimum absolute atomic E-state index is 0.00416. The number of nitrogens with two attached hydrogens (primary N) is 1. The zero-order chi connectivity index (χ0) is 12.1. The van der Waals surface area contributed by atoms with Crippen LogP contribution in [0.5, 0.6) is 0 Å². The van der Waals surface area contributed by atoms with Crippen molar-refractivity contribution in [1.29, 1.82) is 0 Å². The Morgan fingerprint density at radius 3 is 2.56 bits per heavy atom. The van der Waals surface area contributed by atoms with E-state index in [1.165, 1.54) is 0 Å². The van der Waals surface area contributed by atoms with E-state index in [-0.39, 0.29) is 11.9 Å². The predicted molar refractivity (Wildman–Crippen MR) is 65.4 cm³/mol. The maximum atomic E-state index is 11.8. The summed E-state index contributed by atoms with van der Waals surface area (Å²) in [5.41, 5.74) is 9.63. The maximum Gasteiger partial charge on any atom is 0.234 e. The summed E-state index contributed by atoms with van der Waals surface area (Å²) in [5.74, 6) is 0.0624. The molecule has 1 unspecified atom stereocenters. The van der Waals surface area contributed by atoms with Crippen LogP contribution in [0.25, 0.3) is 0 Å². The summed E-state index contributed by atoms with van der Waals surface area (Å²) in [4.78, 5) is 11.8. The van der Waals surface area contributed by atoms with Gasteiger partial charge >= 0.3 is 0 Å². The number of carbonyl (C=O) groups excluding carboxylic acids is 1. The summed E-state index contributed by atoms with van der Waals surface area (Å²) in [5, 5.41) is 2.94. The number of rotatable bonds is 1. The largest absolute Gasteiger partial charge is 0.325 e. The Morgan fingerprint density at radius 2 is 2.00 bits per heavy atom. The fraction of sp³-hybridized carbons (Fsp3) is 0.462. The molecule has 3 heteroatoms. The van der Waals surface area contributed by atoms with Gasteiger partial charge in [-0.3, -0.25) is 4.79 Å². The van der Waals surface area contributed by atoms with Gasteiger partial charge in [-0.2, -0.15) is 0 Å². The van der Waals surface area contributed by atoms with Crippen LogP contribution in [-0.2, 0) is 10.2 Å². The van der Waals surface area contributed by atoms with Crippen LogP contribution in [0.1, 0.15) is 43.5 Å². The summed E-state index contributed by atoms with van der Waals surface area (Å²) in [6.07, 6.45) is 0. The molecule has 1 heterocycles. The summed E-state index contributed by atoms with van der Waals surface area (Å²) < 4.78 is 0. The van der Waals surface area contributed by atoms with Crippen molar-refractivity contribution in [2.24, 2.45) is 5.73 Å². The van der Waals surface area contributed by atoms with Gasteiger partial charge in [0.05, 0.1) is 5.41 Å². The van der Waals surface area contributed by atoms with Crippen LogP contribution in [0.15, 0.2) is 12.1 Å². The molecule has 0 fully saturated rings. The third-order valence-corrected chi connectivity index (χ3v) is 3.36. The number of benzene rings is 1. The lowest BCUT2D eigenvalue weighted by molar-refractivity contribution is -0.119. The average Bonchev–Trinajstić information content (AvgIpc) is 2.40. The molecule has 1 aliphatic rings. The minimum atomic E-state index is -0.453. The molecule has 2 rings (SSSR count). The zero-order valence-corrected chi connectivity index (χ0v) is 10.2. The topological polar surface area (TPSA) is 55.1 Å². The first-order valence-corrected chi connectivity index (χ1v) is 5.56. The van der Waals surface area contributed by atoms with Gasteiger partial charge in [-0.1, -0.05) is 12.1 Å². The van der Waals surface area contributed by atoms with E-state index >= 15 is 0 Å². The van der Waals surface area contributed by atoms with Gasteiger partial charge < -0.3 is 11.1 Å². The molecule has 1 aliphatic heterocycles. The molecule has 0 bridgehead atoms. The van der Waals surface area contributed by atoms with Crippen LogP contribution in [0.3, 0.4) is 0 Å². The van der Waals surface area contributed by atoms with Gasteiger partial charge in [-0.15, -0.1) is 0 Å². The van der Waals surface area contributed by atoms with E-state index in [2.05, 4.69) is 5.32 Å². The molecule has 0 aliphatic carbocycles. The Hall–Kier alpha value is -1.35. The lowest BCUT2D eigenvalue weighted by Gasteiger charge is -2.17. The molecule has 0 radical (unpaired) electrons. The highest BCUT2D eigenvalue weighted by Gasteiger charge is 2.39. The normalized spacial score (nSPS) is 19.2. The van der Waals surface area contributed by atoms with Crippen LogP contribution in [0, 0.1) is 6.92 Å². The standard InChI is InChI=1S/C13H18N2O/c1-7-5-9(8(2)14)6-10-11(7)15-12(16)13(10,3)4/h5-6,8H,14H2,1-4H3,(H,15,16). The minimum Gasteiger partial charge on any atom is -0.325 e. The van der Waals surface area contributed by atoms with Crippen molar-refractivity contribution in [2.45, 2.75) is 39.2 Å². The molecule has 16 heavy (non-hydrogen) atoms.